The molecule has 2 aromatic carbocycles. The molecule has 0 spiro atoms. The normalized spacial score (nSPS) is 21.9. The molecule has 2 saturated carbocycles. The summed E-state index contributed by atoms with van der Waals surface area (Å²) in [5, 5.41) is 14.9. The average Bonchev–Trinajstić information content (AvgIpc) is 3.50. The van der Waals surface area contributed by atoms with Gasteiger partial charge in [-0.15, -0.1) is 0 Å². The van der Waals surface area contributed by atoms with Gasteiger partial charge in [-0.1, -0.05) is 55.0 Å². The topological polar surface area (TPSA) is 105 Å². The molecule has 2 fully saturated rings. The van der Waals surface area contributed by atoms with E-state index in [-0.39, 0.29) is 42.7 Å². The fraction of sp³-hybridized carbons (Fsp3) is 0.444. The first-order chi connectivity index (χ1) is 16.5. The number of aliphatic carboxylic acids is 1. The zero-order valence-electron chi connectivity index (χ0n) is 19.0. The molecule has 0 saturated heterocycles. The van der Waals surface area contributed by atoms with Crippen molar-refractivity contribution in [1.82, 2.24) is 10.6 Å². The van der Waals surface area contributed by atoms with Crippen LogP contribution in [0.1, 0.15) is 55.6 Å². The molecule has 0 bridgehead atoms. The van der Waals surface area contributed by atoms with Gasteiger partial charge in [-0.2, -0.15) is 0 Å². The molecule has 3 N–H and O–H groups in total. The third kappa shape index (κ3) is 4.65. The van der Waals surface area contributed by atoms with Gasteiger partial charge < -0.3 is 20.5 Å². The Bertz CT molecular complexity index is 1050. The number of fused-ring (bicyclic) bond motifs is 3. The van der Waals surface area contributed by atoms with Crippen molar-refractivity contribution in [3.63, 3.8) is 0 Å². The Hall–Kier alpha value is -3.35. The third-order valence-electron chi connectivity index (χ3n) is 7.42. The summed E-state index contributed by atoms with van der Waals surface area (Å²) in [6, 6.07) is 15.5. The summed E-state index contributed by atoms with van der Waals surface area (Å²) >= 11 is 0. The Morgan fingerprint density at radius 1 is 0.941 bits per heavy atom. The van der Waals surface area contributed by atoms with Gasteiger partial charge in [0.15, 0.2) is 0 Å². The summed E-state index contributed by atoms with van der Waals surface area (Å²) in [7, 11) is 0. The lowest BCUT2D eigenvalue weighted by Gasteiger charge is -2.24. The number of benzene rings is 2. The third-order valence-corrected chi connectivity index (χ3v) is 7.42. The molecule has 7 nitrogen and oxygen atoms in total. The van der Waals surface area contributed by atoms with Gasteiger partial charge in [0.05, 0.1) is 6.42 Å². The second-order valence-corrected chi connectivity index (χ2v) is 9.69. The van der Waals surface area contributed by atoms with Crippen molar-refractivity contribution in [1.29, 1.82) is 0 Å². The Morgan fingerprint density at radius 2 is 1.59 bits per heavy atom. The number of alkyl carbamates (subject to hydrolysis) is 1. The van der Waals surface area contributed by atoms with Crippen LogP contribution < -0.4 is 10.6 Å². The Labute approximate surface area is 198 Å². The highest BCUT2D eigenvalue weighted by Gasteiger charge is 2.40. The number of carbonyl (C=O) groups excluding carboxylic acids is 2. The molecule has 3 aliphatic carbocycles. The second-order valence-electron chi connectivity index (χ2n) is 9.69. The average molecular weight is 463 g/mol. The number of ether oxygens (including phenoxy) is 1. The molecule has 3 aliphatic rings. The van der Waals surface area contributed by atoms with Gasteiger partial charge >= 0.3 is 12.1 Å². The van der Waals surface area contributed by atoms with Crippen molar-refractivity contribution in [2.24, 2.45) is 11.8 Å². The summed E-state index contributed by atoms with van der Waals surface area (Å²) in [5.74, 6) is -1.09. The maximum absolute atomic E-state index is 13.0. The van der Waals surface area contributed by atoms with Crippen molar-refractivity contribution in [2.45, 2.75) is 56.5 Å². The van der Waals surface area contributed by atoms with Crippen LogP contribution in [0.25, 0.3) is 11.1 Å². The number of nitrogens with one attached hydrogen (secondary N) is 2. The molecule has 34 heavy (non-hydrogen) atoms. The number of amides is 2. The molecular weight excluding hydrogens is 432 g/mol. The smallest absolute Gasteiger partial charge is 0.407 e. The van der Waals surface area contributed by atoms with E-state index in [0.717, 1.165) is 54.4 Å². The van der Waals surface area contributed by atoms with Gasteiger partial charge in [-0.3, -0.25) is 9.59 Å². The molecule has 178 valence electrons. The first-order valence-corrected chi connectivity index (χ1v) is 12.1. The van der Waals surface area contributed by atoms with Crippen molar-refractivity contribution in [2.75, 3.05) is 6.61 Å². The number of hydrogen-bond donors (Lipinski definition) is 3. The summed E-state index contributed by atoms with van der Waals surface area (Å²) < 4.78 is 5.63. The zero-order valence-corrected chi connectivity index (χ0v) is 19.0. The van der Waals surface area contributed by atoms with Gasteiger partial charge in [0.1, 0.15) is 12.6 Å². The first kappa shape index (κ1) is 22.4. The summed E-state index contributed by atoms with van der Waals surface area (Å²) in [6.45, 7) is 0.197. The Kier molecular flexibility index (Phi) is 6.26. The molecule has 7 heteroatoms. The molecular formula is C27H30N2O5. The molecule has 3 atom stereocenters. The monoisotopic (exact) mass is 462 g/mol. The van der Waals surface area contributed by atoms with E-state index in [9.17, 15) is 14.4 Å². The molecule has 0 radical (unpaired) electrons. The van der Waals surface area contributed by atoms with E-state index >= 15 is 0 Å². The van der Waals surface area contributed by atoms with Gasteiger partial charge in [0, 0.05) is 12.0 Å². The van der Waals surface area contributed by atoms with Crippen molar-refractivity contribution < 1.29 is 24.2 Å². The van der Waals surface area contributed by atoms with E-state index in [2.05, 4.69) is 34.9 Å². The molecule has 0 heterocycles. The van der Waals surface area contributed by atoms with Crippen LogP contribution >= 0.6 is 0 Å². The largest absolute Gasteiger partial charge is 0.481 e. The van der Waals surface area contributed by atoms with E-state index in [1.54, 1.807) is 0 Å². The molecule has 2 aromatic rings. The fourth-order valence-electron chi connectivity index (χ4n) is 5.56. The van der Waals surface area contributed by atoms with Crippen LogP contribution in [0, 0.1) is 11.8 Å². The predicted molar refractivity (Wildman–Crippen MR) is 126 cm³/mol. The quantitative estimate of drug-likeness (QED) is 0.549. The second kappa shape index (κ2) is 9.49. The van der Waals surface area contributed by atoms with Gasteiger partial charge in [0.2, 0.25) is 5.91 Å². The molecule has 0 aliphatic heterocycles. The number of hydrogen-bond acceptors (Lipinski definition) is 4. The van der Waals surface area contributed by atoms with Crippen LogP contribution in [0.15, 0.2) is 48.5 Å². The van der Waals surface area contributed by atoms with Crippen molar-refractivity contribution in [3.8, 4) is 11.1 Å². The molecule has 0 aromatic heterocycles. The van der Waals surface area contributed by atoms with Crippen LogP contribution in [0.4, 0.5) is 4.79 Å². The molecule has 5 rings (SSSR count). The van der Waals surface area contributed by atoms with E-state index in [1.807, 2.05) is 24.3 Å². The summed E-state index contributed by atoms with van der Waals surface area (Å²) in [6.07, 6.45) is 3.69. The predicted octanol–water partition coefficient (Wildman–Crippen LogP) is 4.06. The van der Waals surface area contributed by atoms with Crippen LogP contribution in [-0.4, -0.2) is 41.8 Å². The van der Waals surface area contributed by atoms with Crippen molar-refractivity contribution in [3.05, 3.63) is 59.7 Å². The number of rotatable bonds is 8. The molecule has 1 unspecified atom stereocenters. The number of carbonyl (C=O) groups is 3. The van der Waals surface area contributed by atoms with Gasteiger partial charge in [-0.05, 0) is 59.8 Å². The lowest BCUT2D eigenvalue weighted by Crippen LogP contribution is -2.51. The van der Waals surface area contributed by atoms with Gasteiger partial charge in [-0.25, -0.2) is 4.79 Å². The molecule has 2 amide bonds. The lowest BCUT2D eigenvalue weighted by atomic mass is 9.98. The highest BCUT2D eigenvalue weighted by atomic mass is 16.5. The van der Waals surface area contributed by atoms with Crippen molar-refractivity contribution >= 4 is 18.0 Å². The van der Waals surface area contributed by atoms with Crippen LogP contribution in [0.2, 0.25) is 0 Å². The maximum atomic E-state index is 13.0. The van der Waals surface area contributed by atoms with Crippen LogP contribution in [0.3, 0.4) is 0 Å². The maximum Gasteiger partial charge on any atom is 0.407 e. The number of carboxylic acids is 1. The first-order valence-electron chi connectivity index (χ1n) is 12.1. The standard InChI is InChI=1S/C27H30N2O5/c30-24(31)14-17-6-5-11-23(17)28-26(32)25(16-12-13-16)29-27(33)34-15-22-20-9-3-1-7-18(20)19-8-2-4-10-21(19)22/h1-4,7-10,16-17,22-23,25H,5-6,11-15H2,(H,28,32)(H,29,33)(H,30,31)/t17-,23+,25?/m0/s1. The summed E-state index contributed by atoms with van der Waals surface area (Å²) in [5.41, 5.74) is 4.60. The highest BCUT2D eigenvalue weighted by molar-refractivity contribution is 5.86. The van der Waals surface area contributed by atoms with Gasteiger partial charge in [0.25, 0.3) is 0 Å². The van der Waals surface area contributed by atoms with E-state index in [4.69, 9.17) is 9.84 Å². The van der Waals surface area contributed by atoms with E-state index < -0.39 is 18.1 Å². The Morgan fingerprint density at radius 3 is 2.21 bits per heavy atom. The minimum absolute atomic E-state index is 0.0402. The van der Waals surface area contributed by atoms with Crippen LogP contribution in [-0.2, 0) is 14.3 Å². The highest BCUT2D eigenvalue weighted by Crippen LogP contribution is 2.44. The zero-order chi connectivity index (χ0) is 23.7. The Balaban J connectivity index is 1.21. The minimum atomic E-state index is -0.846. The summed E-state index contributed by atoms with van der Waals surface area (Å²) in [4.78, 5) is 36.9. The van der Waals surface area contributed by atoms with E-state index in [1.165, 1.54) is 0 Å². The number of carboxylic acid groups (broad SMARTS) is 1. The lowest BCUT2D eigenvalue weighted by molar-refractivity contribution is -0.138. The SMILES string of the molecule is O=C(O)C[C@@H]1CCC[C@H]1NC(=O)C(NC(=O)OCC1c2ccccc2-c2ccccc21)C1CC1. The minimum Gasteiger partial charge on any atom is -0.481 e. The van der Waals surface area contributed by atoms with Crippen LogP contribution in [0.5, 0.6) is 0 Å². The fourth-order valence-corrected chi connectivity index (χ4v) is 5.56. The van der Waals surface area contributed by atoms with E-state index in [0.29, 0.717) is 0 Å².